The minimum atomic E-state index is -0.106. The molecule has 0 aliphatic carbocycles. The Labute approximate surface area is 119 Å². The molecule has 0 unspecified atom stereocenters. The summed E-state index contributed by atoms with van der Waals surface area (Å²) in [5.41, 5.74) is 9.33. The van der Waals surface area contributed by atoms with E-state index in [1.54, 1.807) is 4.68 Å². The molecule has 4 heteroatoms. The van der Waals surface area contributed by atoms with Crippen molar-refractivity contribution in [3.05, 3.63) is 45.9 Å². The van der Waals surface area contributed by atoms with E-state index in [0.717, 1.165) is 37.2 Å². The first kappa shape index (κ1) is 14.4. The van der Waals surface area contributed by atoms with E-state index in [1.807, 2.05) is 35.9 Å². The molecule has 2 aromatic rings. The predicted octanol–water partition coefficient (Wildman–Crippen LogP) is 2.89. The monoisotopic (exact) mass is 273 g/mol. The van der Waals surface area contributed by atoms with Gasteiger partial charge in [-0.3, -0.25) is 9.48 Å². The first-order valence-corrected chi connectivity index (χ1v) is 7.27. The number of anilines is 1. The van der Waals surface area contributed by atoms with Crippen molar-refractivity contribution in [1.82, 2.24) is 9.36 Å². The minimum absolute atomic E-state index is 0.106. The molecule has 0 atom stereocenters. The Bertz CT molecular complexity index is 635. The van der Waals surface area contributed by atoms with E-state index in [1.165, 1.54) is 5.56 Å². The summed E-state index contributed by atoms with van der Waals surface area (Å²) in [6, 6.07) is 7.97. The molecule has 108 valence electrons. The average molecular weight is 273 g/mol. The zero-order valence-electron chi connectivity index (χ0n) is 12.5. The van der Waals surface area contributed by atoms with Crippen molar-refractivity contribution >= 4 is 5.69 Å². The Kier molecular flexibility index (Phi) is 4.32. The van der Waals surface area contributed by atoms with Gasteiger partial charge < -0.3 is 5.73 Å². The molecular formula is C16H23N3O. The second kappa shape index (κ2) is 5.99. The first-order valence-electron chi connectivity index (χ1n) is 7.27. The van der Waals surface area contributed by atoms with Crippen molar-refractivity contribution < 1.29 is 0 Å². The summed E-state index contributed by atoms with van der Waals surface area (Å²) < 4.78 is 3.75. The number of nitrogen functional groups attached to an aromatic ring is 1. The summed E-state index contributed by atoms with van der Waals surface area (Å²) in [6.45, 7) is 7.05. The summed E-state index contributed by atoms with van der Waals surface area (Å²) in [4.78, 5) is 12.5. The van der Waals surface area contributed by atoms with Gasteiger partial charge in [0, 0.05) is 6.54 Å². The molecule has 1 heterocycles. The van der Waals surface area contributed by atoms with Gasteiger partial charge in [0.2, 0.25) is 0 Å². The van der Waals surface area contributed by atoms with Gasteiger partial charge in [0.1, 0.15) is 5.69 Å². The maximum atomic E-state index is 12.5. The molecule has 0 saturated heterocycles. The van der Waals surface area contributed by atoms with Crippen LogP contribution in [0.3, 0.4) is 0 Å². The van der Waals surface area contributed by atoms with Crippen molar-refractivity contribution in [2.45, 2.75) is 46.6 Å². The van der Waals surface area contributed by atoms with E-state index in [2.05, 4.69) is 13.8 Å². The molecule has 0 spiro atoms. The van der Waals surface area contributed by atoms with E-state index < -0.39 is 0 Å². The van der Waals surface area contributed by atoms with Crippen molar-refractivity contribution in [2.24, 2.45) is 0 Å². The third-order valence-electron chi connectivity index (χ3n) is 3.49. The van der Waals surface area contributed by atoms with Gasteiger partial charge in [-0.2, -0.15) is 0 Å². The highest BCUT2D eigenvalue weighted by molar-refractivity contribution is 5.46. The van der Waals surface area contributed by atoms with Gasteiger partial charge in [-0.1, -0.05) is 38.0 Å². The summed E-state index contributed by atoms with van der Waals surface area (Å²) in [6.07, 6.45) is 2.78. The summed E-state index contributed by atoms with van der Waals surface area (Å²) in [5, 5.41) is 0. The Hall–Kier alpha value is -1.97. The molecule has 0 fully saturated rings. The lowest BCUT2D eigenvalue weighted by Gasteiger charge is -2.14. The SMILES string of the molecule is CCCc1c(N)c(=O)n(-c2ccc(C)cc2)n1CCC. The van der Waals surface area contributed by atoms with Gasteiger partial charge in [0.25, 0.3) is 5.56 Å². The Morgan fingerprint density at radius 1 is 1.10 bits per heavy atom. The third-order valence-corrected chi connectivity index (χ3v) is 3.49. The molecule has 2 rings (SSSR count). The van der Waals surface area contributed by atoms with Crippen molar-refractivity contribution in [1.29, 1.82) is 0 Å². The summed E-state index contributed by atoms with van der Waals surface area (Å²) in [5.74, 6) is 0. The highest BCUT2D eigenvalue weighted by atomic mass is 16.1. The highest BCUT2D eigenvalue weighted by Crippen LogP contribution is 2.16. The van der Waals surface area contributed by atoms with Crippen molar-refractivity contribution in [2.75, 3.05) is 5.73 Å². The molecule has 0 aliphatic rings. The Morgan fingerprint density at radius 2 is 1.75 bits per heavy atom. The lowest BCUT2D eigenvalue weighted by atomic mass is 10.2. The molecule has 20 heavy (non-hydrogen) atoms. The average Bonchev–Trinajstić information content (AvgIpc) is 2.66. The molecule has 0 bridgehead atoms. The van der Waals surface area contributed by atoms with Crippen LogP contribution in [0.1, 0.15) is 37.9 Å². The molecule has 1 aromatic heterocycles. The summed E-state index contributed by atoms with van der Waals surface area (Å²) in [7, 11) is 0. The van der Waals surface area contributed by atoms with Crippen LogP contribution in [0.15, 0.2) is 29.1 Å². The van der Waals surface area contributed by atoms with Crippen LogP contribution in [0.2, 0.25) is 0 Å². The zero-order chi connectivity index (χ0) is 14.7. The van der Waals surface area contributed by atoms with E-state index in [9.17, 15) is 4.79 Å². The van der Waals surface area contributed by atoms with Gasteiger partial charge in [-0.05, 0) is 31.9 Å². The number of rotatable bonds is 5. The molecule has 4 nitrogen and oxygen atoms in total. The molecule has 1 aromatic carbocycles. The van der Waals surface area contributed by atoms with E-state index in [-0.39, 0.29) is 5.56 Å². The number of aromatic nitrogens is 2. The molecular weight excluding hydrogens is 250 g/mol. The van der Waals surface area contributed by atoms with E-state index >= 15 is 0 Å². The fourth-order valence-corrected chi connectivity index (χ4v) is 2.50. The largest absolute Gasteiger partial charge is 0.393 e. The predicted molar refractivity (Wildman–Crippen MR) is 83.5 cm³/mol. The van der Waals surface area contributed by atoms with Gasteiger partial charge in [-0.25, -0.2) is 4.68 Å². The maximum Gasteiger partial charge on any atom is 0.294 e. The number of benzene rings is 1. The Balaban J connectivity index is 2.64. The van der Waals surface area contributed by atoms with Crippen LogP contribution in [0.25, 0.3) is 5.69 Å². The zero-order valence-corrected chi connectivity index (χ0v) is 12.5. The van der Waals surface area contributed by atoms with Crippen LogP contribution in [0, 0.1) is 6.92 Å². The first-order chi connectivity index (χ1) is 9.60. The quantitative estimate of drug-likeness (QED) is 0.910. The van der Waals surface area contributed by atoms with Crippen LogP contribution in [-0.4, -0.2) is 9.36 Å². The van der Waals surface area contributed by atoms with Gasteiger partial charge >= 0.3 is 0 Å². The van der Waals surface area contributed by atoms with Crippen molar-refractivity contribution in [3.8, 4) is 5.69 Å². The second-order valence-corrected chi connectivity index (χ2v) is 5.19. The fraction of sp³-hybridized carbons (Fsp3) is 0.438. The number of hydrogen-bond donors (Lipinski definition) is 1. The van der Waals surface area contributed by atoms with Gasteiger partial charge in [0.05, 0.1) is 11.4 Å². The second-order valence-electron chi connectivity index (χ2n) is 5.19. The highest BCUT2D eigenvalue weighted by Gasteiger charge is 2.17. The normalized spacial score (nSPS) is 10.9. The summed E-state index contributed by atoms with van der Waals surface area (Å²) >= 11 is 0. The molecule has 0 radical (unpaired) electrons. The van der Waals surface area contributed by atoms with Crippen LogP contribution in [0.4, 0.5) is 5.69 Å². The molecule has 0 saturated carbocycles. The standard InChI is InChI=1S/C16H23N3O/c1-4-6-14-15(17)16(20)19(18(14)11-5-2)13-9-7-12(3)8-10-13/h7-10H,4-6,11,17H2,1-3H3. The van der Waals surface area contributed by atoms with E-state index in [4.69, 9.17) is 5.73 Å². The van der Waals surface area contributed by atoms with Crippen LogP contribution >= 0.6 is 0 Å². The van der Waals surface area contributed by atoms with E-state index in [0.29, 0.717) is 5.69 Å². The van der Waals surface area contributed by atoms with Crippen molar-refractivity contribution in [3.63, 3.8) is 0 Å². The van der Waals surface area contributed by atoms with Crippen LogP contribution < -0.4 is 11.3 Å². The number of aryl methyl sites for hydroxylation is 1. The van der Waals surface area contributed by atoms with Gasteiger partial charge in [-0.15, -0.1) is 0 Å². The number of nitrogens with two attached hydrogens (primary N) is 1. The fourth-order valence-electron chi connectivity index (χ4n) is 2.50. The number of nitrogens with zero attached hydrogens (tertiary/aromatic N) is 2. The minimum Gasteiger partial charge on any atom is -0.393 e. The Morgan fingerprint density at radius 3 is 2.30 bits per heavy atom. The van der Waals surface area contributed by atoms with Gasteiger partial charge in [0.15, 0.2) is 0 Å². The number of hydrogen-bond acceptors (Lipinski definition) is 2. The lowest BCUT2D eigenvalue weighted by Crippen LogP contribution is -2.22. The molecule has 2 N–H and O–H groups in total. The van der Waals surface area contributed by atoms with Crippen LogP contribution in [0.5, 0.6) is 0 Å². The van der Waals surface area contributed by atoms with Crippen LogP contribution in [-0.2, 0) is 13.0 Å². The molecule has 0 aliphatic heterocycles. The third kappa shape index (κ3) is 2.50. The maximum absolute atomic E-state index is 12.5. The molecule has 0 amide bonds. The smallest absolute Gasteiger partial charge is 0.294 e. The topological polar surface area (TPSA) is 53.0 Å². The lowest BCUT2D eigenvalue weighted by molar-refractivity contribution is 0.512.